The van der Waals surface area contributed by atoms with Gasteiger partial charge < -0.3 is 10.6 Å². The van der Waals surface area contributed by atoms with Gasteiger partial charge in [0.15, 0.2) is 0 Å². The van der Waals surface area contributed by atoms with Crippen molar-refractivity contribution in [1.82, 2.24) is 10.2 Å². The first-order chi connectivity index (χ1) is 10.5. The van der Waals surface area contributed by atoms with Crippen LogP contribution in [0, 0.1) is 19.8 Å². The lowest BCUT2D eigenvalue weighted by Gasteiger charge is -2.30. The number of rotatable bonds is 4. The van der Waals surface area contributed by atoms with Gasteiger partial charge in [0.1, 0.15) is 0 Å². The molecule has 1 heterocycles. The van der Waals surface area contributed by atoms with Crippen molar-refractivity contribution in [2.24, 2.45) is 5.92 Å². The summed E-state index contributed by atoms with van der Waals surface area (Å²) in [4.78, 5) is 25.8. The number of nitrogens with zero attached hydrogens (tertiary/aromatic N) is 1. The van der Waals surface area contributed by atoms with Crippen LogP contribution in [0.5, 0.6) is 0 Å². The lowest BCUT2D eigenvalue weighted by Crippen LogP contribution is -2.42. The maximum atomic E-state index is 12.1. The third-order valence-electron chi connectivity index (χ3n) is 4.36. The minimum absolute atomic E-state index is 0.00152. The number of anilines is 1. The zero-order chi connectivity index (χ0) is 16.1. The van der Waals surface area contributed by atoms with Crippen LogP contribution in [0.15, 0.2) is 18.2 Å². The van der Waals surface area contributed by atoms with E-state index in [-0.39, 0.29) is 17.7 Å². The quantitative estimate of drug-likeness (QED) is 0.890. The second-order valence-corrected chi connectivity index (χ2v) is 6.01. The molecule has 120 valence electrons. The molecule has 1 saturated heterocycles. The van der Waals surface area contributed by atoms with Crippen molar-refractivity contribution >= 4 is 17.5 Å². The first-order valence-corrected chi connectivity index (χ1v) is 7.80. The smallest absolute Gasteiger partial charge is 0.238 e. The molecule has 1 aromatic carbocycles. The lowest BCUT2D eigenvalue weighted by molar-refractivity contribution is -0.126. The normalized spacial score (nSPS) is 16.3. The zero-order valence-electron chi connectivity index (χ0n) is 13.6. The molecule has 0 bridgehead atoms. The zero-order valence-corrected chi connectivity index (χ0v) is 13.6. The van der Waals surface area contributed by atoms with E-state index in [2.05, 4.69) is 22.5 Å². The summed E-state index contributed by atoms with van der Waals surface area (Å²) in [6.45, 7) is 6.05. The minimum Gasteiger partial charge on any atom is -0.359 e. The number of amides is 2. The maximum absolute atomic E-state index is 12.1. The number of benzene rings is 1. The SMILES string of the molecule is CNC(=O)C1CCN(CC(=O)Nc2ccc(C)c(C)c2)CC1. The summed E-state index contributed by atoms with van der Waals surface area (Å²) in [5.41, 5.74) is 3.23. The lowest BCUT2D eigenvalue weighted by atomic mass is 9.96. The fourth-order valence-corrected chi connectivity index (χ4v) is 2.78. The molecule has 0 saturated carbocycles. The second kappa shape index (κ2) is 7.40. The predicted octanol–water partition coefficient (Wildman–Crippen LogP) is 1.70. The van der Waals surface area contributed by atoms with Gasteiger partial charge in [-0.25, -0.2) is 0 Å². The monoisotopic (exact) mass is 303 g/mol. The van der Waals surface area contributed by atoms with Gasteiger partial charge in [0, 0.05) is 18.7 Å². The number of carbonyl (C=O) groups excluding carboxylic acids is 2. The van der Waals surface area contributed by atoms with Crippen molar-refractivity contribution < 1.29 is 9.59 Å². The second-order valence-electron chi connectivity index (χ2n) is 6.01. The standard InChI is InChI=1S/C17H25N3O2/c1-12-4-5-15(10-13(12)2)19-16(21)11-20-8-6-14(7-9-20)17(22)18-3/h4-5,10,14H,6-9,11H2,1-3H3,(H,18,22)(H,19,21). The number of hydrogen-bond donors (Lipinski definition) is 2. The Balaban J connectivity index is 1.80. The maximum Gasteiger partial charge on any atom is 0.238 e. The van der Waals surface area contributed by atoms with E-state index in [0.29, 0.717) is 6.54 Å². The predicted molar refractivity (Wildman–Crippen MR) is 87.8 cm³/mol. The molecule has 0 unspecified atom stereocenters. The van der Waals surface area contributed by atoms with E-state index in [1.807, 2.05) is 25.1 Å². The number of carbonyl (C=O) groups is 2. The van der Waals surface area contributed by atoms with E-state index < -0.39 is 0 Å². The average molecular weight is 303 g/mol. The van der Waals surface area contributed by atoms with E-state index >= 15 is 0 Å². The Morgan fingerprint density at radius 3 is 2.45 bits per heavy atom. The molecule has 0 atom stereocenters. The van der Waals surface area contributed by atoms with Gasteiger partial charge in [-0.05, 0) is 63.0 Å². The molecule has 1 aliphatic heterocycles. The number of aryl methyl sites for hydroxylation is 2. The van der Waals surface area contributed by atoms with Gasteiger partial charge in [-0.3, -0.25) is 14.5 Å². The van der Waals surface area contributed by atoms with Gasteiger partial charge in [-0.15, -0.1) is 0 Å². The van der Waals surface area contributed by atoms with Crippen LogP contribution >= 0.6 is 0 Å². The highest BCUT2D eigenvalue weighted by Crippen LogP contribution is 2.18. The minimum atomic E-state index is 0.00152. The highest BCUT2D eigenvalue weighted by molar-refractivity contribution is 5.92. The number of hydrogen-bond acceptors (Lipinski definition) is 3. The fraction of sp³-hybridized carbons (Fsp3) is 0.529. The molecule has 2 rings (SSSR count). The highest BCUT2D eigenvalue weighted by Gasteiger charge is 2.25. The van der Waals surface area contributed by atoms with Gasteiger partial charge in [-0.2, -0.15) is 0 Å². The Labute approximate surface area is 132 Å². The Bertz CT molecular complexity index is 549. The Kier molecular flexibility index (Phi) is 5.55. The Hall–Kier alpha value is -1.88. The Morgan fingerprint density at radius 2 is 1.86 bits per heavy atom. The first kappa shape index (κ1) is 16.5. The van der Waals surface area contributed by atoms with E-state index in [4.69, 9.17) is 0 Å². The summed E-state index contributed by atoms with van der Waals surface area (Å²) in [6.07, 6.45) is 1.63. The molecule has 0 spiro atoms. The van der Waals surface area contributed by atoms with Gasteiger partial charge in [-0.1, -0.05) is 6.07 Å². The van der Waals surface area contributed by atoms with Crippen LogP contribution in [-0.2, 0) is 9.59 Å². The van der Waals surface area contributed by atoms with E-state index in [0.717, 1.165) is 31.6 Å². The molecule has 1 fully saturated rings. The highest BCUT2D eigenvalue weighted by atomic mass is 16.2. The summed E-state index contributed by atoms with van der Waals surface area (Å²) in [6, 6.07) is 5.93. The molecule has 0 radical (unpaired) electrons. The third kappa shape index (κ3) is 4.31. The molecule has 2 amide bonds. The van der Waals surface area contributed by atoms with Gasteiger partial charge in [0.05, 0.1) is 6.54 Å². The van der Waals surface area contributed by atoms with Crippen LogP contribution in [0.3, 0.4) is 0 Å². The Morgan fingerprint density at radius 1 is 1.18 bits per heavy atom. The molecule has 22 heavy (non-hydrogen) atoms. The molecular weight excluding hydrogens is 278 g/mol. The molecule has 2 N–H and O–H groups in total. The molecule has 0 aliphatic carbocycles. The molecular formula is C17H25N3O2. The van der Waals surface area contributed by atoms with Crippen LogP contribution in [-0.4, -0.2) is 43.4 Å². The number of likely N-dealkylation sites (tertiary alicyclic amines) is 1. The third-order valence-corrected chi connectivity index (χ3v) is 4.36. The molecule has 0 aromatic heterocycles. The van der Waals surface area contributed by atoms with Crippen molar-refractivity contribution in [1.29, 1.82) is 0 Å². The van der Waals surface area contributed by atoms with Crippen molar-refractivity contribution in [3.63, 3.8) is 0 Å². The topological polar surface area (TPSA) is 61.4 Å². The van der Waals surface area contributed by atoms with Gasteiger partial charge in [0.2, 0.25) is 11.8 Å². The summed E-state index contributed by atoms with van der Waals surface area (Å²) in [5.74, 6) is 0.199. The summed E-state index contributed by atoms with van der Waals surface area (Å²) >= 11 is 0. The van der Waals surface area contributed by atoms with Crippen molar-refractivity contribution in [3.05, 3.63) is 29.3 Å². The molecule has 1 aliphatic rings. The van der Waals surface area contributed by atoms with Crippen LogP contribution < -0.4 is 10.6 Å². The largest absolute Gasteiger partial charge is 0.359 e. The van der Waals surface area contributed by atoms with Crippen LogP contribution in [0.1, 0.15) is 24.0 Å². The van der Waals surface area contributed by atoms with Crippen LogP contribution in [0.25, 0.3) is 0 Å². The van der Waals surface area contributed by atoms with Crippen LogP contribution in [0.2, 0.25) is 0 Å². The summed E-state index contributed by atoms with van der Waals surface area (Å²) in [7, 11) is 1.67. The summed E-state index contributed by atoms with van der Waals surface area (Å²) < 4.78 is 0. The van der Waals surface area contributed by atoms with E-state index in [1.165, 1.54) is 11.1 Å². The van der Waals surface area contributed by atoms with Crippen molar-refractivity contribution in [2.75, 3.05) is 32.0 Å². The fourth-order valence-electron chi connectivity index (χ4n) is 2.78. The van der Waals surface area contributed by atoms with Crippen molar-refractivity contribution in [3.8, 4) is 0 Å². The van der Waals surface area contributed by atoms with Crippen molar-refractivity contribution in [2.45, 2.75) is 26.7 Å². The van der Waals surface area contributed by atoms with Gasteiger partial charge in [0.25, 0.3) is 0 Å². The summed E-state index contributed by atoms with van der Waals surface area (Å²) in [5, 5.41) is 5.64. The first-order valence-electron chi connectivity index (χ1n) is 7.80. The number of piperidine rings is 1. The van der Waals surface area contributed by atoms with Gasteiger partial charge >= 0.3 is 0 Å². The molecule has 5 heteroatoms. The van der Waals surface area contributed by atoms with Crippen LogP contribution in [0.4, 0.5) is 5.69 Å². The van der Waals surface area contributed by atoms with E-state index in [1.54, 1.807) is 7.05 Å². The molecule has 1 aromatic rings. The molecule has 5 nitrogen and oxygen atoms in total. The number of nitrogens with one attached hydrogen (secondary N) is 2. The van der Waals surface area contributed by atoms with E-state index in [9.17, 15) is 9.59 Å². The average Bonchev–Trinajstić information content (AvgIpc) is 2.51.